The first-order valence-corrected chi connectivity index (χ1v) is 5.34. The fraction of sp³-hybridized carbons (Fsp3) is 0.182. The van der Waals surface area contributed by atoms with E-state index in [1.165, 1.54) is 6.26 Å². The highest BCUT2D eigenvalue weighted by atomic mass is 16.4. The van der Waals surface area contributed by atoms with Gasteiger partial charge in [-0.3, -0.25) is 0 Å². The van der Waals surface area contributed by atoms with E-state index in [1.807, 2.05) is 0 Å². The predicted molar refractivity (Wildman–Crippen MR) is 60.9 cm³/mol. The lowest BCUT2D eigenvalue weighted by atomic mass is 10.1. The number of carboxylic acid groups (broad SMARTS) is 1. The van der Waals surface area contributed by atoms with Gasteiger partial charge in [0.05, 0.1) is 6.26 Å². The first-order chi connectivity index (χ1) is 8.65. The molecule has 0 aliphatic carbocycles. The summed E-state index contributed by atoms with van der Waals surface area (Å²) in [5.41, 5.74) is 0.0660. The average Bonchev–Trinajstić information content (AvgIpc) is 2.94. The minimum absolute atomic E-state index is 0.0660. The van der Waals surface area contributed by atoms with Crippen LogP contribution in [0.3, 0.4) is 0 Å². The maximum atomic E-state index is 11.1. The molecule has 0 radical (unpaired) electrons. The van der Waals surface area contributed by atoms with Gasteiger partial charge in [-0.05, 0) is 25.1 Å². The molecule has 0 bridgehead atoms. The first kappa shape index (κ1) is 10.6. The van der Waals surface area contributed by atoms with Crippen LogP contribution in [0.1, 0.15) is 17.6 Å². The molecule has 1 aliphatic heterocycles. The van der Waals surface area contributed by atoms with Crippen LogP contribution in [0.5, 0.6) is 0 Å². The van der Waals surface area contributed by atoms with Crippen LogP contribution in [-0.2, 0) is 4.79 Å². The Bertz CT molecular complexity index is 627. The maximum absolute atomic E-state index is 11.1. The van der Waals surface area contributed by atoms with E-state index in [-0.39, 0.29) is 5.70 Å². The number of hydrogen-bond acceptors (Lipinski definition) is 5. The molecule has 1 atom stereocenters. The van der Waals surface area contributed by atoms with Crippen LogP contribution < -0.4 is 5.32 Å². The molecule has 0 aromatic carbocycles. The Morgan fingerprint density at radius 3 is 3.11 bits per heavy atom. The number of rotatable bonds is 2. The minimum Gasteiger partial charge on any atom is -0.477 e. The van der Waals surface area contributed by atoms with Crippen LogP contribution in [0.2, 0.25) is 0 Å². The van der Waals surface area contributed by atoms with Crippen molar-refractivity contribution in [2.24, 2.45) is 0 Å². The van der Waals surface area contributed by atoms with Crippen molar-refractivity contribution < 1.29 is 14.3 Å². The molecule has 3 rings (SSSR count). The van der Waals surface area contributed by atoms with E-state index in [0.29, 0.717) is 17.5 Å². The van der Waals surface area contributed by atoms with Gasteiger partial charge in [0.25, 0.3) is 0 Å². The van der Waals surface area contributed by atoms with E-state index < -0.39 is 12.0 Å². The van der Waals surface area contributed by atoms with Crippen molar-refractivity contribution in [3.05, 3.63) is 41.8 Å². The number of furan rings is 1. The van der Waals surface area contributed by atoms with Crippen molar-refractivity contribution in [1.82, 2.24) is 14.8 Å². The number of carboxylic acids is 1. The van der Waals surface area contributed by atoms with Crippen molar-refractivity contribution in [2.45, 2.75) is 13.0 Å². The van der Waals surface area contributed by atoms with Crippen molar-refractivity contribution in [1.29, 1.82) is 0 Å². The second-order valence-electron chi connectivity index (χ2n) is 3.90. The SMILES string of the molecule is Cc1nc2n(n1)[C@@H](c1ccco1)C=C(C(=O)O)N2. The van der Waals surface area contributed by atoms with Crippen molar-refractivity contribution >= 4 is 11.9 Å². The quantitative estimate of drug-likeness (QED) is 0.826. The Morgan fingerprint density at radius 2 is 2.44 bits per heavy atom. The lowest BCUT2D eigenvalue weighted by molar-refractivity contribution is -0.132. The molecular formula is C11H10N4O3. The number of nitrogens with zero attached hydrogens (tertiary/aromatic N) is 3. The number of anilines is 1. The highest BCUT2D eigenvalue weighted by molar-refractivity contribution is 5.90. The van der Waals surface area contributed by atoms with E-state index in [0.717, 1.165) is 0 Å². The summed E-state index contributed by atoms with van der Waals surface area (Å²) in [6.45, 7) is 1.74. The lowest BCUT2D eigenvalue weighted by Gasteiger charge is -2.20. The van der Waals surface area contributed by atoms with Crippen LogP contribution >= 0.6 is 0 Å². The summed E-state index contributed by atoms with van der Waals surface area (Å²) >= 11 is 0. The molecule has 2 aromatic heterocycles. The number of nitrogens with one attached hydrogen (secondary N) is 1. The third-order valence-electron chi connectivity index (χ3n) is 2.64. The molecule has 2 aromatic rings. The van der Waals surface area contributed by atoms with Gasteiger partial charge < -0.3 is 14.8 Å². The number of aromatic nitrogens is 3. The van der Waals surface area contributed by atoms with Gasteiger partial charge in [-0.25, -0.2) is 9.48 Å². The lowest BCUT2D eigenvalue weighted by Crippen LogP contribution is -2.24. The van der Waals surface area contributed by atoms with Crippen molar-refractivity contribution in [2.75, 3.05) is 5.32 Å². The second-order valence-corrected chi connectivity index (χ2v) is 3.90. The highest BCUT2D eigenvalue weighted by Gasteiger charge is 2.27. The summed E-state index contributed by atoms with van der Waals surface area (Å²) in [7, 11) is 0. The van der Waals surface area contributed by atoms with Gasteiger partial charge in [0, 0.05) is 0 Å². The van der Waals surface area contributed by atoms with Gasteiger partial charge in [0.2, 0.25) is 5.95 Å². The Balaban J connectivity index is 2.12. The molecule has 18 heavy (non-hydrogen) atoms. The first-order valence-electron chi connectivity index (χ1n) is 5.34. The minimum atomic E-state index is -1.04. The molecule has 7 nitrogen and oxygen atoms in total. The van der Waals surface area contributed by atoms with E-state index in [2.05, 4.69) is 15.4 Å². The highest BCUT2D eigenvalue weighted by Crippen LogP contribution is 2.28. The van der Waals surface area contributed by atoms with E-state index in [4.69, 9.17) is 9.52 Å². The Kier molecular flexibility index (Phi) is 2.19. The molecule has 0 fully saturated rings. The molecule has 0 amide bonds. The third kappa shape index (κ3) is 1.56. The Labute approximate surface area is 102 Å². The predicted octanol–water partition coefficient (Wildman–Crippen LogP) is 1.16. The number of allylic oxidation sites excluding steroid dienone is 1. The van der Waals surface area contributed by atoms with Crippen molar-refractivity contribution in [3.63, 3.8) is 0 Å². The number of hydrogen-bond donors (Lipinski definition) is 2. The van der Waals surface area contributed by atoms with Crippen molar-refractivity contribution in [3.8, 4) is 0 Å². The van der Waals surface area contributed by atoms with Gasteiger partial charge in [0.1, 0.15) is 23.3 Å². The normalized spacial score (nSPS) is 17.8. The van der Waals surface area contributed by atoms with Crippen LogP contribution in [-0.4, -0.2) is 25.8 Å². The zero-order chi connectivity index (χ0) is 12.7. The fourth-order valence-corrected chi connectivity index (χ4v) is 1.89. The van der Waals surface area contributed by atoms with Gasteiger partial charge in [-0.15, -0.1) is 0 Å². The molecule has 0 saturated heterocycles. The van der Waals surface area contributed by atoms with Gasteiger partial charge in [-0.2, -0.15) is 10.1 Å². The van der Waals surface area contributed by atoms with Crippen LogP contribution in [0.15, 0.2) is 34.6 Å². The molecule has 7 heteroatoms. The van der Waals surface area contributed by atoms with Gasteiger partial charge >= 0.3 is 5.97 Å². The summed E-state index contributed by atoms with van der Waals surface area (Å²) in [5.74, 6) is 0.530. The molecule has 0 saturated carbocycles. The molecule has 0 spiro atoms. The Morgan fingerprint density at radius 1 is 1.61 bits per heavy atom. The topological polar surface area (TPSA) is 93.2 Å². The molecule has 92 valence electrons. The molecular weight excluding hydrogens is 236 g/mol. The number of carbonyl (C=O) groups is 1. The number of aryl methyl sites for hydroxylation is 1. The van der Waals surface area contributed by atoms with Gasteiger partial charge in [-0.1, -0.05) is 0 Å². The standard InChI is InChI=1S/C11H10N4O3/c1-6-12-11-13-7(10(16)17)5-8(15(11)14-6)9-3-2-4-18-9/h2-5,8H,1H3,(H,16,17)(H,12,13,14)/t8-/m1/s1. The number of fused-ring (bicyclic) bond motifs is 1. The van der Waals surface area contributed by atoms with Crippen LogP contribution in [0, 0.1) is 6.92 Å². The summed E-state index contributed by atoms with van der Waals surface area (Å²) < 4.78 is 6.91. The zero-order valence-corrected chi connectivity index (χ0v) is 9.49. The Hall–Kier alpha value is -2.57. The third-order valence-corrected chi connectivity index (χ3v) is 2.64. The molecule has 2 N–H and O–H groups in total. The summed E-state index contributed by atoms with van der Waals surface area (Å²) in [5, 5.41) is 16.0. The second kappa shape index (κ2) is 3.73. The zero-order valence-electron chi connectivity index (χ0n) is 9.49. The van der Waals surface area contributed by atoms with Crippen LogP contribution in [0.25, 0.3) is 0 Å². The van der Waals surface area contributed by atoms with E-state index in [9.17, 15) is 4.79 Å². The average molecular weight is 246 g/mol. The van der Waals surface area contributed by atoms with Crippen LogP contribution in [0.4, 0.5) is 5.95 Å². The summed E-state index contributed by atoms with van der Waals surface area (Å²) in [6, 6.07) is 3.12. The summed E-state index contributed by atoms with van der Waals surface area (Å²) in [6.07, 6.45) is 3.08. The molecule has 0 unspecified atom stereocenters. The summed E-state index contributed by atoms with van der Waals surface area (Å²) in [4.78, 5) is 15.2. The maximum Gasteiger partial charge on any atom is 0.352 e. The number of aliphatic carboxylic acids is 1. The largest absolute Gasteiger partial charge is 0.477 e. The van der Waals surface area contributed by atoms with E-state index in [1.54, 1.807) is 29.8 Å². The monoisotopic (exact) mass is 246 g/mol. The molecule has 3 heterocycles. The van der Waals surface area contributed by atoms with E-state index >= 15 is 0 Å². The van der Waals surface area contributed by atoms with Gasteiger partial charge in [0.15, 0.2) is 0 Å². The molecule has 1 aliphatic rings. The fourth-order valence-electron chi connectivity index (χ4n) is 1.89. The smallest absolute Gasteiger partial charge is 0.352 e.